The van der Waals surface area contributed by atoms with Crippen LogP contribution in [0.1, 0.15) is 5.82 Å². The minimum atomic E-state index is 0.341. The van der Waals surface area contributed by atoms with Crippen LogP contribution < -0.4 is 5.32 Å². The SMILES string of the molecule is CNc1cc(-c2ccc(Cl)cc2Cl)nc(COC)n1. The summed E-state index contributed by atoms with van der Waals surface area (Å²) in [4.78, 5) is 8.73. The summed E-state index contributed by atoms with van der Waals surface area (Å²) in [7, 11) is 3.40. The number of anilines is 1. The van der Waals surface area contributed by atoms with Crippen LogP contribution in [0.5, 0.6) is 0 Å². The number of hydrogen-bond acceptors (Lipinski definition) is 4. The largest absolute Gasteiger partial charge is 0.377 e. The molecule has 0 unspecified atom stereocenters. The first-order valence-electron chi connectivity index (χ1n) is 5.64. The highest BCUT2D eigenvalue weighted by molar-refractivity contribution is 6.36. The van der Waals surface area contributed by atoms with Gasteiger partial charge in [-0.3, -0.25) is 0 Å². The van der Waals surface area contributed by atoms with Crippen molar-refractivity contribution in [3.8, 4) is 11.3 Å². The molecule has 0 aliphatic carbocycles. The lowest BCUT2D eigenvalue weighted by Gasteiger charge is -2.09. The van der Waals surface area contributed by atoms with E-state index in [-0.39, 0.29) is 0 Å². The molecule has 0 aliphatic rings. The third kappa shape index (κ3) is 3.35. The van der Waals surface area contributed by atoms with Crippen molar-refractivity contribution in [2.75, 3.05) is 19.5 Å². The number of aromatic nitrogens is 2. The van der Waals surface area contributed by atoms with Gasteiger partial charge in [-0.05, 0) is 18.2 Å². The molecular weight excluding hydrogens is 285 g/mol. The normalized spacial score (nSPS) is 10.5. The molecule has 0 saturated carbocycles. The fourth-order valence-electron chi connectivity index (χ4n) is 1.65. The van der Waals surface area contributed by atoms with Crippen molar-refractivity contribution in [1.29, 1.82) is 0 Å². The molecule has 0 amide bonds. The van der Waals surface area contributed by atoms with Crippen LogP contribution in [0, 0.1) is 0 Å². The van der Waals surface area contributed by atoms with Gasteiger partial charge in [0, 0.05) is 30.8 Å². The minimum absolute atomic E-state index is 0.341. The number of nitrogens with zero attached hydrogens (tertiary/aromatic N) is 2. The van der Waals surface area contributed by atoms with E-state index in [2.05, 4.69) is 15.3 Å². The monoisotopic (exact) mass is 297 g/mol. The summed E-state index contributed by atoms with van der Waals surface area (Å²) in [5.74, 6) is 1.30. The number of rotatable bonds is 4. The Hall–Kier alpha value is -1.36. The third-order valence-corrected chi connectivity index (χ3v) is 3.06. The summed E-state index contributed by atoms with van der Waals surface area (Å²) >= 11 is 12.1. The van der Waals surface area contributed by atoms with Crippen LogP contribution in [0.3, 0.4) is 0 Å². The maximum absolute atomic E-state index is 6.19. The van der Waals surface area contributed by atoms with Gasteiger partial charge < -0.3 is 10.1 Å². The molecule has 1 aromatic heterocycles. The topological polar surface area (TPSA) is 47.0 Å². The van der Waals surface area contributed by atoms with E-state index < -0.39 is 0 Å². The maximum atomic E-state index is 6.19. The quantitative estimate of drug-likeness (QED) is 0.936. The van der Waals surface area contributed by atoms with Gasteiger partial charge in [0.2, 0.25) is 0 Å². The first-order chi connectivity index (χ1) is 9.13. The zero-order valence-electron chi connectivity index (χ0n) is 10.6. The molecule has 19 heavy (non-hydrogen) atoms. The first-order valence-corrected chi connectivity index (χ1v) is 6.39. The number of halogens is 2. The number of methoxy groups -OCH3 is 1. The number of benzene rings is 1. The Bertz CT molecular complexity index is 590. The Kier molecular flexibility index (Phi) is 4.58. The first kappa shape index (κ1) is 14.1. The number of nitrogens with one attached hydrogen (secondary N) is 1. The molecule has 0 atom stereocenters. The predicted octanol–water partition coefficient (Wildman–Crippen LogP) is 3.64. The van der Waals surface area contributed by atoms with Crippen LogP contribution in [0.2, 0.25) is 10.0 Å². The fraction of sp³-hybridized carbons (Fsp3) is 0.231. The van der Waals surface area contributed by atoms with E-state index in [0.29, 0.717) is 28.3 Å². The summed E-state index contributed by atoms with van der Waals surface area (Å²) in [5, 5.41) is 4.13. The molecule has 1 aromatic carbocycles. The molecule has 2 aromatic rings. The highest BCUT2D eigenvalue weighted by atomic mass is 35.5. The van der Waals surface area contributed by atoms with Gasteiger partial charge in [0.05, 0.1) is 10.7 Å². The lowest BCUT2D eigenvalue weighted by Crippen LogP contribution is -2.03. The van der Waals surface area contributed by atoms with Crippen LogP contribution in [-0.2, 0) is 11.3 Å². The Labute approximate surface area is 121 Å². The van der Waals surface area contributed by atoms with E-state index >= 15 is 0 Å². The van der Waals surface area contributed by atoms with E-state index in [4.69, 9.17) is 27.9 Å². The average Bonchev–Trinajstić information content (AvgIpc) is 2.38. The van der Waals surface area contributed by atoms with Crippen LogP contribution in [0.4, 0.5) is 5.82 Å². The van der Waals surface area contributed by atoms with Gasteiger partial charge in [-0.25, -0.2) is 9.97 Å². The van der Waals surface area contributed by atoms with Gasteiger partial charge in [-0.2, -0.15) is 0 Å². The van der Waals surface area contributed by atoms with E-state index in [1.807, 2.05) is 12.1 Å². The van der Waals surface area contributed by atoms with Crippen molar-refractivity contribution in [3.05, 3.63) is 40.1 Å². The van der Waals surface area contributed by atoms with Gasteiger partial charge in [0.15, 0.2) is 5.82 Å². The summed E-state index contributed by atoms with van der Waals surface area (Å²) in [5.41, 5.74) is 1.54. The van der Waals surface area contributed by atoms with Crippen molar-refractivity contribution in [2.24, 2.45) is 0 Å². The van der Waals surface area contributed by atoms with E-state index in [1.54, 1.807) is 26.3 Å². The average molecular weight is 298 g/mol. The molecule has 4 nitrogen and oxygen atoms in total. The standard InChI is InChI=1S/C13H13Cl2N3O/c1-16-12-6-11(17-13(18-12)7-19-2)9-4-3-8(14)5-10(9)15/h3-6H,7H2,1-2H3,(H,16,17,18). The van der Waals surface area contributed by atoms with E-state index in [9.17, 15) is 0 Å². The van der Waals surface area contributed by atoms with Crippen molar-refractivity contribution in [2.45, 2.75) is 6.61 Å². The van der Waals surface area contributed by atoms with Crippen molar-refractivity contribution in [3.63, 3.8) is 0 Å². The Balaban J connectivity index is 2.51. The second-order valence-corrected chi connectivity index (χ2v) is 4.71. The highest BCUT2D eigenvalue weighted by Crippen LogP contribution is 2.30. The lowest BCUT2D eigenvalue weighted by atomic mass is 10.1. The molecule has 6 heteroatoms. The zero-order valence-corrected chi connectivity index (χ0v) is 12.1. The van der Waals surface area contributed by atoms with E-state index in [1.165, 1.54) is 0 Å². The Morgan fingerprint density at radius 1 is 1.21 bits per heavy atom. The van der Waals surface area contributed by atoms with Gasteiger partial charge in [0.1, 0.15) is 12.4 Å². The second kappa shape index (κ2) is 6.19. The molecule has 0 saturated heterocycles. The summed E-state index contributed by atoms with van der Waals surface area (Å²) in [6, 6.07) is 7.13. The number of hydrogen-bond donors (Lipinski definition) is 1. The van der Waals surface area contributed by atoms with Crippen molar-refractivity contribution in [1.82, 2.24) is 9.97 Å². The van der Waals surface area contributed by atoms with Gasteiger partial charge in [-0.1, -0.05) is 23.2 Å². The molecule has 0 radical (unpaired) electrons. The third-order valence-electron chi connectivity index (χ3n) is 2.51. The van der Waals surface area contributed by atoms with Gasteiger partial charge in [-0.15, -0.1) is 0 Å². The summed E-state index contributed by atoms with van der Waals surface area (Å²) < 4.78 is 5.06. The van der Waals surface area contributed by atoms with Crippen molar-refractivity contribution < 1.29 is 4.74 Å². The van der Waals surface area contributed by atoms with Crippen LogP contribution in [0.15, 0.2) is 24.3 Å². The zero-order chi connectivity index (χ0) is 13.8. The fourth-order valence-corrected chi connectivity index (χ4v) is 2.16. The number of ether oxygens (including phenoxy) is 1. The maximum Gasteiger partial charge on any atom is 0.157 e. The molecule has 1 N–H and O–H groups in total. The molecule has 0 aliphatic heterocycles. The highest BCUT2D eigenvalue weighted by Gasteiger charge is 2.09. The van der Waals surface area contributed by atoms with Crippen LogP contribution in [0.25, 0.3) is 11.3 Å². The smallest absolute Gasteiger partial charge is 0.157 e. The minimum Gasteiger partial charge on any atom is -0.377 e. The van der Waals surface area contributed by atoms with Crippen LogP contribution in [-0.4, -0.2) is 24.1 Å². The van der Waals surface area contributed by atoms with Gasteiger partial charge >= 0.3 is 0 Å². The summed E-state index contributed by atoms with van der Waals surface area (Å²) in [6.07, 6.45) is 0. The Morgan fingerprint density at radius 2 is 2.00 bits per heavy atom. The summed E-state index contributed by atoms with van der Waals surface area (Å²) in [6.45, 7) is 0.341. The molecule has 1 heterocycles. The van der Waals surface area contributed by atoms with Gasteiger partial charge in [0.25, 0.3) is 0 Å². The molecule has 0 spiro atoms. The van der Waals surface area contributed by atoms with Crippen LogP contribution >= 0.6 is 23.2 Å². The molecule has 2 rings (SSSR count). The lowest BCUT2D eigenvalue weighted by molar-refractivity contribution is 0.178. The van der Waals surface area contributed by atoms with E-state index in [0.717, 1.165) is 11.3 Å². The molecule has 0 fully saturated rings. The second-order valence-electron chi connectivity index (χ2n) is 3.86. The van der Waals surface area contributed by atoms with Crippen molar-refractivity contribution >= 4 is 29.0 Å². The molecular formula is C13H13Cl2N3O. The Morgan fingerprint density at radius 3 is 2.63 bits per heavy atom. The predicted molar refractivity (Wildman–Crippen MR) is 77.7 cm³/mol. The molecule has 100 valence electrons. The molecule has 0 bridgehead atoms.